The molecule has 3 heterocycles. The Hall–Kier alpha value is -6.72. The van der Waals surface area contributed by atoms with Gasteiger partial charge in [0, 0.05) is 17.4 Å². The second-order valence-electron chi connectivity index (χ2n) is 12.5. The molecule has 0 radical (unpaired) electrons. The van der Waals surface area contributed by atoms with Crippen LogP contribution in [0.3, 0.4) is 0 Å². The van der Waals surface area contributed by atoms with Gasteiger partial charge in [-0.1, -0.05) is 151 Å². The molecule has 9 aromatic rings. The SMILES string of the molecule is Fc1cc2[nH]c(SCc3ccc(-c4ccccc4-c4nnnn4C(c4ccccc4)(c4ccccc4)c4ccccc4)cc3)nc2cc1-n1cncn1. The average molecular weight is 712 g/mol. The number of nitrogens with zero attached hydrogens (tertiary/aromatic N) is 8. The molecule has 0 unspecified atom stereocenters. The van der Waals surface area contributed by atoms with Crippen LogP contribution in [0.25, 0.3) is 39.2 Å². The third-order valence-electron chi connectivity index (χ3n) is 9.36. The highest BCUT2D eigenvalue weighted by Crippen LogP contribution is 2.43. The van der Waals surface area contributed by atoms with E-state index in [-0.39, 0.29) is 0 Å². The van der Waals surface area contributed by atoms with Crippen molar-refractivity contribution in [3.05, 3.63) is 192 Å². The van der Waals surface area contributed by atoms with Crippen molar-refractivity contribution in [1.82, 2.24) is 44.9 Å². The second-order valence-corrected chi connectivity index (χ2v) is 13.4. The fraction of sp³-hybridized carbons (Fsp3) is 0.0476. The number of hydrogen-bond acceptors (Lipinski definition) is 7. The standard InChI is InChI=1S/C42H30FN9S/c43-36-24-37-38(25-39(36)51-28-44-27-45-51)47-41(46-37)53-26-29-20-22-30(23-21-29)34-18-10-11-19-35(34)40-48-49-50-52(40)42(31-12-4-1-5-13-31,32-14-6-2-7-15-32)33-16-8-3-9-17-33/h1-25,27-28H,26H2,(H,46,47). The van der Waals surface area contributed by atoms with E-state index in [0.29, 0.717) is 33.5 Å². The van der Waals surface area contributed by atoms with Crippen molar-refractivity contribution in [2.24, 2.45) is 0 Å². The van der Waals surface area contributed by atoms with E-state index in [2.05, 4.69) is 129 Å². The number of rotatable bonds is 10. The summed E-state index contributed by atoms with van der Waals surface area (Å²) in [4.78, 5) is 11.9. The lowest BCUT2D eigenvalue weighted by Crippen LogP contribution is -2.39. The molecular weight excluding hydrogens is 682 g/mol. The number of imidazole rings is 1. The summed E-state index contributed by atoms with van der Waals surface area (Å²) in [5, 5.41) is 18.5. The summed E-state index contributed by atoms with van der Waals surface area (Å²) in [6, 6.07) is 51.0. The normalized spacial score (nSPS) is 11.6. The van der Waals surface area contributed by atoms with Gasteiger partial charge in [0.15, 0.2) is 16.8 Å². The molecule has 0 aliphatic rings. The van der Waals surface area contributed by atoms with Crippen molar-refractivity contribution in [2.75, 3.05) is 0 Å². The number of hydrogen-bond donors (Lipinski definition) is 1. The van der Waals surface area contributed by atoms with Crippen LogP contribution < -0.4 is 0 Å². The number of tetrazole rings is 1. The lowest BCUT2D eigenvalue weighted by atomic mass is 9.77. The smallest absolute Gasteiger partial charge is 0.184 e. The first-order chi connectivity index (χ1) is 26.2. The Labute approximate surface area is 308 Å². The molecule has 0 aliphatic heterocycles. The van der Waals surface area contributed by atoms with Crippen LogP contribution >= 0.6 is 11.8 Å². The molecule has 6 aromatic carbocycles. The Morgan fingerprint density at radius 2 is 1.32 bits per heavy atom. The summed E-state index contributed by atoms with van der Waals surface area (Å²) in [7, 11) is 0. The second kappa shape index (κ2) is 13.8. The van der Waals surface area contributed by atoms with E-state index in [1.54, 1.807) is 17.8 Å². The van der Waals surface area contributed by atoms with Crippen molar-refractivity contribution in [3.8, 4) is 28.2 Å². The van der Waals surface area contributed by atoms with Gasteiger partial charge < -0.3 is 4.98 Å². The number of fused-ring (bicyclic) bond motifs is 1. The zero-order chi connectivity index (χ0) is 35.6. The van der Waals surface area contributed by atoms with Gasteiger partial charge in [-0.05, 0) is 49.9 Å². The number of thioether (sulfide) groups is 1. The largest absolute Gasteiger partial charge is 0.333 e. The highest BCUT2D eigenvalue weighted by molar-refractivity contribution is 7.98. The Morgan fingerprint density at radius 3 is 1.94 bits per heavy atom. The molecule has 0 saturated heterocycles. The lowest BCUT2D eigenvalue weighted by Gasteiger charge is -2.36. The molecule has 9 nitrogen and oxygen atoms in total. The molecule has 0 fully saturated rings. The van der Waals surface area contributed by atoms with Gasteiger partial charge in [-0.25, -0.2) is 23.7 Å². The van der Waals surface area contributed by atoms with E-state index in [9.17, 15) is 4.39 Å². The molecule has 1 N–H and O–H groups in total. The van der Waals surface area contributed by atoms with Gasteiger partial charge >= 0.3 is 0 Å². The minimum atomic E-state index is -0.864. The van der Waals surface area contributed by atoms with Crippen LogP contribution in [-0.2, 0) is 11.3 Å². The van der Waals surface area contributed by atoms with Gasteiger partial charge in [-0.15, -0.1) is 5.10 Å². The minimum Gasteiger partial charge on any atom is -0.333 e. The summed E-state index contributed by atoms with van der Waals surface area (Å²) < 4.78 is 18.2. The summed E-state index contributed by atoms with van der Waals surface area (Å²) in [6.45, 7) is 0. The Bertz CT molecular complexity index is 2530. The third-order valence-corrected chi connectivity index (χ3v) is 10.3. The van der Waals surface area contributed by atoms with E-state index < -0.39 is 11.4 Å². The van der Waals surface area contributed by atoms with Crippen LogP contribution in [0.15, 0.2) is 169 Å². The minimum absolute atomic E-state index is 0.300. The predicted octanol–water partition coefficient (Wildman–Crippen LogP) is 8.74. The summed E-state index contributed by atoms with van der Waals surface area (Å²) in [5.41, 5.74) is 7.90. The van der Waals surface area contributed by atoms with Crippen molar-refractivity contribution in [3.63, 3.8) is 0 Å². The number of aromatic amines is 1. The third kappa shape index (κ3) is 5.86. The first-order valence-corrected chi connectivity index (χ1v) is 18.0. The lowest BCUT2D eigenvalue weighted by molar-refractivity contribution is 0.451. The molecular formula is C42H30FN9S. The molecule has 256 valence electrons. The Balaban J connectivity index is 1.05. The summed E-state index contributed by atoms with van der Waals surface area (Å²) in [6.07, 6.45) is 2.83. The molecule has 3 aromatic heterocycles. The van der Waals surface area contributed by atoms with Gasteiger partial charge in [0.05, 0.1) is 11.0 Å². The van der Waals surface area contributed by atoms with E-state index in [1.807, 2.05) is 35.0 Å². The zero-order valence-corrected chi connectivity index (χ0v) is 29.0. The van der Waals surface area contributed by atoms with E-state index in [0.717, 1.165) is 38.9 Å². The van der Waals surface area contributed by atoms with E-state index >= 15 is 0 Å². The van der Waals surface area contributed by atoms with Gasteiger partial charge in [0.2, 0.25) is 0 Å². The summed E-state index contributed by atoms with van der Waals surface area (Å²) >= 11 is 1.56. The van der Waals surface area contributed by atoms with Crippen molar-refractivity contribution in [1.29, 1.82) is 0 Å². The number of benzene rings is 6. The molecule has 11 heteroatoms. The number of halogens is 1. The Morgan fingerprint density at radius 1 is 0.698 bits per heavy atom. The van der Waals surface area contributed by atoms with Gasteiger partial charge in [0.1, 0.15) is 23.9 Å². The molecule has 0 bridgehead atoms. The van der Waals surface area contributed by atoms with Crippen molar-refractivity contribution < 1.29 is 4.39 Å². The first kappa shape index (κ1) is 32.2. The van der Waals surface area contributed by atoms with Gasteiger partial charge in [-0.2, -0.15) is 5.10 Å². The quantitative estimate of drug-likeness (QED) is 0.112. The molecule has 9 rings (SSSR count). The zero-order valence-electron chi connectivity index (χ0n) is 28.2. The molecule has 0 aliphatic carbocycles. The average Bonchev–Trinajstić information content (AvgIpc) is 4.01. The van der Waals surface area contributed by atoms with Crippen LogP contribution in [-0.4, -0.2) is 44.9 Å². The van der Waals surface area contributed by atoms with Crippen molar-refractivity contribution in [2.45, 2.75) is 16.4 Å². The first-order valence-electron chi connectivity index (χ1n) is 17.0. The molecule has 53 heavy (non-hydrogen) atoms. The summed E-state index contributed by atoms with van der Waals surface area (Å²) in [5.74, 6) is 0.913. The van der Waals surface area contributed by atoms with Crippen LogP contribution in [0, 0.1) is 5.82 Å². The van der Waals surface area contributed by atoms with Crippen LogP contribution in [0.1, 0.15) is 22.3 Å². The fourth-order valence-corrected chi connectivity index (χ4v) is 7.76. The molecule has 0 saturated carbocycles. The molecule has 0 spiro atoms. The van der Waals surface area contributed by atoms with Gasteiger partial charge in [-0.3, -0.25) is 0 Å². The van der Waals surface area contributed by atoms with Crippen molar-refractivity contribution >= 4 is 22.8 Å². The van der Waals surface area contributed by atoms with Crippen LogP contribution in [0.2, 0.25) is 0 Å². The maximum Gasteiger partial charge on any atom is 0.184 e. The molecule has 0 amide bonds. The van der Waals surface area contributed by atoms with Crippen LogP contribution in [0.5, 0.6) is 0 Å². The fourth-order valence-electron chi connectivity index (χ4n) is 6.92. The van der Waals surface area contributed by atoms with E-state index in [1.165, 1.54) is 23.4 Å². The van der Waals surface area contributed by atoms with E-state index in [4.69, 9.17) is 15.3 Å². The monoisotopic (exact) mass is 711 g/mol. The predicted molar refractivity (Wildman–Crippen MR) is 204 cm³/mol. The Kier molecular flexibility index (Phi) is 8.37. The highest BCUT2D eigenvalue weighted by Gasteiger charge is 2.42. The maximum atomic E-state index is 14.8. The van der Waals surface area contributed by atoms with Crippen LogP contribution in [0.4, 0.5) is 4.39 Å². The number of H-pyrrole nitrogens is 1. The number of nitrogens with one attached hydrogen (secondary N) is 1. The molecule has 0 atom stereocenters. The number of aromatic nitrogens is 9. The maximum absolute atomic E-state index is 14.8. The van der Waals surface area contributed by atoms with Gasteiger partial charge in [0.25, 0.3) is 0 Å². The topological polar surface area (TPSA) is 103 Å². The highest BCUT2D eigenvalue weighted by atomic mass is 32.2.